The van der Waals surface area contributed by atoms with E-state index >= 15 is 0 Å². The molecule has 2 aromatic rings. The number of amides is 1. The molecular weight excluding hydrogens is 349 g/mol. The van der Waals surface area contributed by atoms with E-state index in [4.69, 9.17) is 4.74 Å². The predicted octanol–water partition coefficient (Wildman–Crippen LogP) is 1.21. The van der Waals surface area contributed by atoms with Crippen molar-refractivity contribution in [1.29, 1.82) is 0 Å². The van der Waals surface area contributed by atoms with Crippen molar-refractivity contribution >= 4 is 11.6 Å². The van der Waals surface area contributed by atoms with E-state index < -0.39 is 0 Å². The number of hydrogen-bond donors (Lipinski definition) is 0. The molecule has 1 aromatic heterocycles. The SMILES string of the molecule is COc1nn(C)cc1C(=O)N1CC(N2CCN(c3ccc(F)cc3)CC2)C1. The van der Waals surface area contributed by atoms with Gasteiger partial charge in [-0.05, 0) is 24.3 Å². The largest absolute Gasteiger partial charge is 0.479 e. The Bertz CT molecular complexity index is 808. The normalized spacial score (nSPS) is 18.5. The zero-order valence-electron chi connectivity index (χ0n) is 15.6. The molecule has 144 valence electrons. The molecule has 3 heterocycles. The number of carbonyl (C=O) groups is 1. The Balaban J connectivity index is 1.29. The number of halogens is 1. The number of likely N-dealkylation sites (tertiary alicyclic amines) is 1. The zero-order chi connectivity index (χ0) is 19.0. The molecule has 0 aliphatic carbocycles. The van der Waals surface area contributed by atoms with Crippen molar-refractivity contribution in [3.63, 3.8) is 0 Å². The minimum Gasteiger partial charge on any atom is -0.479 e. The number of anilines is 1. The van der Waals surface area contributed by atoms with Gasteiger partial charge in [-0.15, -0.1) is 5.10 Å². The van der Waals surface area contributed by atoms with Crippen LogP contribution in [0.1, 0.15) is 10.4 Å². The molecule has 0 radical (unpaired) electrons. The van der Waals surface area contributed by atoms with Crippen LogP contribution in [-0.2, 0) is 7.05 Å². The Morgan fingerprint density at radius 1 is 1.15 bits per heavy atom. The highest BCUT2D eigenvalue weighted by Crippen LogP contribution is 2.24. The van der Waals surface area contributed by atoms with E-state index in [-0.39, 0.29) is 11.7 Å². The lowest BCUT2D eigenvalue weighted by molar-refractivity contribution is 0.0244. The summed E-state index contributed by atoms with van der Waals surface area (Å²) in [5.41, 5.74) is 1.57. The van der Waals surface area contributed by atoms with Crippen LogP contribution in [0, 0.1) is 5.82 Å². The van der Waals surface area contributed by atoms with E-state index in [9.17, 15) is 9.18 Å². The van der Waals surface area contributed by atoms with Crippen LogP contribution < -0.4 is 9.64 Å². The molecule has 0 atom stereocenters. The summed E-state index contributed by atoms with van der Waals surface area (Å²) in [6.07, 6.45) is 1.70. The second kappa shape index (κ2) is 7.19. The minimum absolute atomic E-state index is 0.0267. The Hall–Kier alpha value is -2.61. The standard InChI is InChI=1S/C19H24FN5O2/c1-22-13-17(18(21-22)27-2)19(26)25-11-16(12-25)24-9-7-23(8-10-24)15-5-3-14(20)4-6-15/h3-6,13,16H,7-12H2,1-2H3. The van der Waals surface area contributed by atoms with Gasteiger partial charge in [0.15, 0.2) is 0 Å². The molecule has 7 nitrogen and oxygen atoms in total. The average molecular weight is 373 g/mol. The van der Waals surface area contributed by atoms with E-state index in [0.717, 1.165) is 45.0 Å². The monoisotopic (exact) mass is 373 g/mol. The first kappa shape index (κ1) is 17.8. The molecule has 0 bridgehead atoms. The van der Waals surface area contributed by atoms with Crippen LogP contribution in [0.15, 0.2) is 30.5 Å². The summed E-state index contributed by atoms with van der Waals surface area (Å²) in [7, 11) is 3.30. The highest BCUT2D eigenvalue weighted by Gasteiger charge is 2.37. The van der Waals surface area contributed by atoms with Gasteiger partial charge in [-0.25, -0.2) is 4.39 Å². The molecule has 2 aliphatic heterocycles. The van der Waals surface area contributed by atoms with Gasteiger partial charge in [-0.2, -0.15) is 0 Å². The third-order valence-corrected chi connectivity index (χ3v) is 5.39. The van der Waals surface area contributed by atoms with Gasteiger partial charge in [0, 0.05) is 64.2 Å². The number of rotatable bonds is 4. The second-order valence-electron chi connectivity index (χ2n) is 7.09. The maximum atomic E-state index is 13.1. The number of ether oxygens (including phenoxy) is 1. The van der Waals surface area contributed by atoms with Crippen LogP contribution in [0.25, 0.3) is 0 Å². The number of aromatic nitrogens is 2. The number of piperazine rings is 1. The fraction of sp³-hybridized carbons (Fsp3) is 0.474. The summed E-state index contributed by atoms with van der Waals surface area (Å²) in [6, 6.07) is 7.06. The molecule has 1 aromatic carbocycles. The van der Waals surface area contributed by atoms with Gasteiger partial charge in [0.2, 0.25) is 5.88 Å². The van der Waals surface area contributed by atoms with Gasteiger partial charge >= 0.3 is 0 Å². The van der Waals surface area contributed by atoms with Gasteiger partial charge in [0.05, 0.1) is 7.11 Å². The molecule has 2 aliphatic rings. The first-order chi connectivity index (χ1) is 13.0. The maximum Gasteiger partial charge on any atom is 0.261 e. The Morgan fingerprint density at radius 3 is 2.44 bits per heavy atom. The lowest BCUT2D eigenvalue weighted by Crippen LogP contribution is -2.64. The second-order valence-corrected chi connectivity index (χ2v) is 7.09. The van der Waals surface area contributed by atoms with E-state index in [2.05, 4.69) is 14.9 Å². The molecule has 4 rings (SSSR count). The molecule has 27 heavy (non-hydrogen) atoms. The highest BCUT2D eigenvalue weighted by atomic mass is 19.1. The number of benzene rings is 1. The Morgan fingerprint density at radius 2 is 1.81 bits per heavy atom. The van der Waals surface area contributed by atoms with E-state index in [1.807, 2.05) is 17.0 Å². The zero-order valence-corrected chi connectivity index (χ0v) is 15.6. The first-order valence-corrected chi connectivity index (χ1v) is 9.16. The van der Waals surface area contributed by atoms with Crippen LogP contribution in [0.5, 0.6) is 5.88 Å². The van der Waals surface area contributed by atoms with Crippen LogP contribution in [-0.4, -0.2) is 77.9 Å². The van der Waals surface area contributed by atoms with Crippen molar-refractivity contribution in [2.24, 2.45) is 7.05 Å². The van der Waals surface area contributed by atoms with Crippen molar-refractivity contribution in [2.75, 3.05) is 51.3 Å². The van der Waals surface area contributed by atoms with Crippen molar-refractivity contribution in [2.45, 2.75) is 6.04 Å². The summed E-state index contributed by atoms with van der Waals surface area (Å²) in [5, 5.41) is 4.15. The van der Waals surface area contributed by atoms with Crippen LogP contribution in [0.3, 0.4) is 0 Å². The third-order valence-electron chi connectivity index (χ3n) is 5.39. The van der Waals surface area contributed by atoms with E-state index in [0.29, 0.717) is 17.5 Å². The smallest absolute Gasteiger partial charge is 0.261 e. The van der Waals surface area contributed by atoms with Crippen molar-refractivity contribution in [1.82, 2.24) is 19.6 Å². The Labute approximate surface area is 157 Å². The summed E-state index contributed by atoms with van der Waals surface area (Å²) in [5.74, 6) is 0.141. The van der Waals surface area contributed by atoms with Crippen molar-refractivity contribution in [3.05, 3.63) is 41.8 Å². The predicted molar refractivity (Wildman–Crippen MR) is 99.6 cm³/mol. The van der Waals surface area contributed by atoms with E-state index in [1.165, 1.54) is 19.2 Å². The van der Waals surface area contributed by atoms with Gasteiger partial charge < -0.3 is 14.5 Å². The van der Waals surface area contributed by atoms with E-state index in [1.54, 1.807) is 17.9 Å². The fourth-order valence-corrected chi connectivity index (χ4v) is 3.79. The summed E-state index contributed by atoms with van der Waals surface area (Å²) >= 11 is 0. The summed E-state index contributed by atoms with van der Waals surface area (Å²) in [4.78, 5) is 19.2. The number of methoxy groups -OCH3 is 1. The Kier molecular flexibility index (Phi) is 4.73. The lowest BCUT2D eigenvalue weighted by Gasteiger charge is -2.48. The lowest BCUT2D eigenvalue weighted by atomic mass is 10.0. The van der Waals surface area contributed by atoms with Gasteiger partial charge in [0.1, 0.15) is 11.4 Å². The number of nitrogens with zero attached hydrogens (tertiary/aromatic N) is 5. The molecule has 0 saturated carbocycles. The maximum absolute atomic E-state index is 13.1. The van der Waals surface area contributed by atoms with Crippen LogP contribution in [0.4, 0.5) is 10.1 Å². The van der Waals surface area contributed by atoms with Crippen molar-refractivity contribution in [3.8, 4) is 5.88 Å². The molecular formula is C19H24FN5O2. The molecule has 1 amide bonds. The number of aryl methyl sites for hydroxylation is 1. The molecule has 2 saturated heterocycles. The summed E-state index contributed by atoms with van der Waals surface area (Å²) in [6.45, 7) is 5.17. The average Bonchev–Trinajstić information content (AvgIpc) is 3.03. The van der Waals surface area contributed by atoms with Gasteiger partial charge in [-0.3, -0.25) is 14.4 Å². The molecule has 0 N–H and O–H groups in total. The van der Waals surface area contributed by atoms with Gasteiger partial charge in [-0.1, -0.05) is 0 Å². The van der Waals surface area contributed by atoms with Crippen LogP contribution in [0.2, 0.25) is 0 Å². The quantitative estimate of drug-likeness (QED) is 0.807. The molecule has 2 fully saturated rings. The number of carbonyl (C=O) groups excluding carboxylic acids is 1. The first-order valence-electron chi connectivity index (χ1n) is 9.16. The summed E-state index contributed by atoms with van der Waals surface area (Å²) < 4.78 is 19.9. The fourth-order valence-electron chi connectivity index (χ4n) is 3.79. The molecule has 8 heteroatoms. The third kappa shape index (κ3) is 3.49. The minimum atomic E-state index is -0.207. The van der Waals surface area contributed by atoms with Crippen LogP contribution >= 0.6 is 0 Å². The highest BCUT2D eigenvalue weighted by molar-refractivity contribution is 5.96. The number of hydrogen-bond acceptors (Lipinski definition) is 5. The van der Waals surface area contributed by atoms with Crippen molar-refractivity contribution < 1.29 is 13.9 Å². The van der Waals surface area contributed by atoms with Gasteiger partial charge in [0.25, 0.3) is 5.91 Å². The molecule has 0 unspecified atom stereocenters. The topological polar surface area (TPSA) is 53.8 Å². The molecule has 0 spiro atoms.